The van der Waals surface area contributed by atoms with E-state index in [2.05, 4.69) is 6.92 Å². The van der Waals surface area contributed by atoms with Gasteiger partial charge in [0.1, 0.15) is 6.10 Å². The molecule has 1 fully saturated rings. The van der Waals surface area contributed by atoms with Gasteiger partial charge in [-0.1, -0.05) is 58.3 Å². The summed E-state index contributed by atoms with van der Waals surface area (Å²) in [5.74, 6) is 0. The van der Waals surface area contributed by atoms with Crippen LogP contribution in [0.4, 0.5) is 0 Å². The van der Waals surface area contributed by atoms with Crippen molar-refractivity contribution in [3.63, 3.8) is 0 Å². The third kappa shape index (κ3) is 31.9. The Morgan fingerprint density at radius 3 is 1.16 bits per heavy atom. The van der Waals surface area contributed by atoms with Gasteiger partial charge < -0.3 is 57.2 Å². The van der Waals surface area contributed by atoms with Crippen molar-refractivity contribution >= 4 is 0 Å². The summed E-state index contributed by atoms with van der Waals surface area (Å²) in [6.45, 7) is 12.0. The van der Waals surface area contributed by atoms with E-state index in [9.17, 15) is 0 Å². The lowest BCUT2D eigenvalue weighted by Crippen LogP contribution is -2.37. The quantitative estimate of drug-likeness (QED) is 0.0982. The SMILES string of the molecule is CCCCCCCCCCCC1OCC(OCCOCCOCCOCCOCCOCCOCCOCCOCCO)CO1. The van der Waals surface area contributed by atoms with Gasteiger partial charge in [-0.15, -0.1) is 0 Å². The van der Waals surface area contributed by atoms with E-state index in [1.165, 1.54) is 57.8 Å². The third-order valence-electron chi connectivity index (χ3n) is 6.90. The highest BCUT2D eigenvalue weighted by Crippen LogP contribution is 2.16. The molecular formula is C33H66O12. The number of hydrogen-bond donors (Lipinski definition) is 1. The predicted octanol–water partition coefficient (Wildman–Crippen LogP) is 3.79. The molecule has 0 atom stereocenters. The Hall–Kier alpha value is -0.480. The van der Waals surface area contributed by atoms with Crippen molar-refractivity contribution in [3.8, 4) is 0 Å². The fourth-order valence-electron chi connectivity index (χ4n) is 4.39. The summed E-state index contributed by atoms with van der Waals surface area (Å²) in [5, 5.41) is 8.58. The van der Waals surface area contributed by atoms with E-state index in [0.717, 1.165) is 6.42 Å². The Balaban J connectivity index is 1.69. The van der Waals surface area contributed by atoms with Crippen LogP contribution < -0.4 is 0 Å². The first-order valence-electron chi connectivity index (χ1n) is 17.4. The maximum absolute atomic E-state index is 8.58. The van der Waals surface area contributed by atoms with Crippen molar-refractivity contribution < 1.29 is 57.2 Å². The first kappa shape index (κ1) is 42.5. The van der Waals surface area contributed by atoms with Crippen LogP contribution >= 0.6 is 0 Å². The van der Waals surface area contributed by atoms with Crippen molar-refractivity contribution in [3.05, 3.63) is 0 Å². The molecule has 0 saturated carbocycles. The molecule has 1 heterocycles. The van der Waals surface area contributed by atoms with E-state index in [1.54, 1.807) is 0 Å². The average Bonchev–Trinajstić information content (AvgIpc) is 3.06. The molecule has 0 aromatic heterocycles. The summed E-state index contributed by atoms with van der Waals surface area (Å²) in [5.41, 5.74) is 0. The van der Waals surface area contributed by atoms with Crippen molar-refractivity contribution in [2.75, 3.05) is 132 Å². The maximum atomic E-state index is 8.58. The first-order chi connectivity index (χ1) is 22.4. The van der Waals surface area contributed by atoms with Crippen molar-refractivity contribution in [2.45, 2.75) is 83.5 Å². The van der Waals surface area contributed by atoms with Crippen LogP contribution in [-0.4, -0.2) is 150 Å². The third-order valence-corrected chi connectivity index (χ3v) is 6.90. The molecule has 0 bridgehead atoms. The number of aliphatic hydroxyl groups excluding tert-OH is 1. The Bertz CT molecular complexity index is 552. The minimum atomic E-state index is -0.0798. The lowest BCUT2D eigenvalue weighted by molar-refractivity contribution is -0.230. The smallest absolute Gasteiger partial charge is 0.157 e. The molecule has 12 heteroatoms. The van der Waals surface area contributed by atoms with E-state index in [-0.39, 0.29) is 19.0 Å². The van der Waals surface area contributed by atoms with Gasteiger partial charge >= 0.3 is 0 Å². The highest BCUT2D eigenvalue weighted by molar-refractivity contribution is 4.63. The van der Waals surface area contributed by atoms with Crippen LogP contribution in [0.15, 0.2) is 0 Å². The van der Waals surface area contributed by atoms with Crippen LogP contribution in [0.2, 0.25) is 0 Å². The summed E-state index contributed by atoms with van der Waals surface area (Å²) in [7, 11) is 0. The highest BCUT2D eigenvalue weighted by atomic mass is 16.7. The number of rotatable bonds is 37. The zero-order chi connectivity index (χ0) is 32.1. The first-order valence-corrected chi connectivity index (χ1v) is 17.4. The summed E-state index contributed by atoms with van der Waals surface area (Å²) in [6, 6.07) is 0. The van der Waals surface area contributed by atoms with E-state index in [4.69, 9.17) is 57.2 Å². The summed E-state index contributed by atoms with van der Waals surface area (Å²) < 4.78 is 60.8. The molecule has 1 rings (SSSR count). The largest absolute Gasteiger partial charge is 0.394 e. The van der Waals surface area contributed by atoms with Crippen LogP contribution in [0.3, 0.4) is 0 Å². The van der Waals surface area contributed by atoms with E-state index in [0.29, 0.717) is 126 Å². The highest BCUT2D eigenvalue weighted by Gasteiger charge is 2.22. The van der Waals surface area contributed by atoms with Gasteiger partial charge in [-0.3, -0.25) is 0 Å². The van der Waals surface area contributed by atoms with E-state index >= 15 is 0 Å². The second-order valence-corrected chi connectivity index (χ2v) is 10.8. The maximum Gasteiger partial charge on any atom is 0.157 e. The molecule has 0 aromatic rings. The molecule has 1 aliphatic rings. The van der Waals surface area contributed by atoms with Gasteiger partial charge in [0.05, 0.1) is 132 Å². The van der Waals surface area contributed by atoms with Crippen molar-refractivity contribution in [2.24, 2.45) is 0 Å². The summed E-state index contributed by atoms with van der Waals surface area (Å²) >= 11 is 0. The van der Waals surface area contributed by atoms with Crippen LogP contribution in [0.1, 0.15) is 71.1 Å². The van der Waals surface area contributed by atoms with Crippen molar-refractivity contribution in [1.82, 2.24) is 0 Å². The lowest BCUT2D eigenvalue weighted by atomic mass is 10.1. The number of aliphatic hydroxyl groups is 1. The lowest BCUT2D eigenvalue weighted by Gasteiger charge is -2.29. The monoisotopic (exact) mass is 654 g/mol. The van der Waals surface area contributed by atoms with Gasteiger partial charge in [-0.05, 0) is 12.8 Å². The fourth-order valence-corrected chi connectivity index (χ4v) is 4.39. The molecule has 45 heavy (non-hydrogen) atoms. The van der Waals surface area contributed by atoms with E-state index < -0.39 is 0 Å². The number of ether oxygens (including phenoxy) is 11. The van der Waals surface area contributed by atoms with Crippen LogP contribution in [0.25, 0.3) is 0 Å². The van der Waals surface area contributed by atoms with Crippen LogP contribution in [-0.2, 0) is 52.1 Å². The molecule has 270 valence electrons. The molecule has 1 aliphatic heterocycles. The molecule has 12 nitrogen and oxygen atoms in total. The van der Waals surface area contributed by atoms with Crippen molar-refractivity contribution in [1.29, 1.82) is 0 Å². The van der Waals surface area contributed by atoms with Gasteiger partial charge in [0.15, 0.2) is 6.29 Å². The van der Waals surface area contributed by atoms with Gasteiger partial charge in [0, 0.05) is 0 Å². The summed E-state index contributed by atoms with van der Waals surface area (Å²) in [6.07, 6.45) is 12.8. The van der Waals surface area contributed by atoms with Crippen LogP contribution in [0, 0.1) is 0 Å². The van der Waals surface area contributed by atoms with E-state index in [1.807, 2.05) is 0 Å². The normalized spacial score (nSPS) is 16.9. The molecule has 0 spiro atoms. The molecule has 0 radical (unpaired) electrons. The molecular weight excluding hydrogens is 588 g/mol. The second-order valence-electron chi connectivity index (χ2n) is 10.8. The fraction of sp³-hybridized carbons (Fsp3) is 1.00. The minimum Gasteiger partial charge on any atom is -0.394 e. The average molecular weight is 655 g/mol. The van der Waals surface area contributed by atoms with Gasteiger partial charge in [-0.25, -0.2) is 0 Å². The Kier molecular flexibility index (Phi) is 34.4. The van der Waals surface area contributed by atoms with Gasteiger partial charge in [0.2, 0.25) is 0 Å². The molecule has 1 N–H and O–H groups in total. The number of hydrogen-bond acceptors (Lipinski definition) is 12. The molecule has 0 aromatic carbocycles. The Morgan fingerprint density at radius 1 is 0.444 bits per heavy atom. The predicted molar refractivity (Wildman–Crippen MR) is 171 cm³/mol. The number of unbranched alkanes of at least 4 members (excludes halogenated alkanes) is 8. The van der Waals surface area contributed by atoms with Gasteiger partial charge in [0.25, 0.3) is 0 Å². The van der Waals surface area contributed by atoms with Gasteiger partial charge in [-0.2, -0.15) is 0 Å². The molecule has 0 amide bonds. The van der Waals surface area contributed by atoms with Crippen LogP contribution in [0.5, 0.6) is 0 Å². The zero-order valence-electron chi connectivity index (χ0n) is 28.3. The topological polar surface area (TPSA) is 122 Å². The Morgan fingerprint density at radius 2 is 0.778 bits per heavy atom. The Labute approximate surface area is 272 Å². The molecule has 0 unspecified atom stereocenters. The molecule has 0 aliphatic carbocycles. The molecule has 1 saturated heterocycles. The minimum absolute atomic E-state index is 0.0237. The summed E-state index contributed by atoms with van der Waals surface area (Å²) in [4.78, 5) is 0. The standard InChI is InChI=1S/C33H66O12/c1-2-3-4-5-6-7-8-9-10-11-33-44-30-32(31-45-33)43-29-28-42-27-26-41-25-24-40-23-22-39-21-20-38-19-18-37-17-16-36-15-14-35-13-12-34/h32-34H,2-31H2,1H3. The second kappa shape index (κ2) is 36.4. The zero-order valence-corrected chi connectivity index (χ0v) is 28.3.